The van der Waals surface area contributed by atoms with Crippen LogP contribution in [0.3, 0.4) is 0 Å². The summed E-state index contributed by atoms with van der Waals surface area (Å²) in [5.74, 6) is -4.15. The second-order valence-corrected chi connectivity index (χ2v) is 2.96. The summed E-state index contributed by atoms with van der Waals surface area (Å²) >= 11 is 0. The molecule has 0 aromatic heterocycles. The summed E-state index contributed by atoms with van der Waals surface area (Å²) in [4.78, 5) is 0. The van der Waals surface area contributed by atoms with Crippen LogP contribution >= 0.6 is 0 Å². The van der Waals surface area contributed by atoms with E-state index in [2.05, 4.69) is 11.3 Å². The summed E-state index contributed by atoms with van der Waals surface area (Å²) in [6, 6.07) is 0. The molecule has 0 aliphatic heterocycles. The highest BCUT2D eigenvalue weighted by Crippen LogP contribution is 2.34. The molecule has 78 valence electrons. The monoisotopic (exact) mass is 200 g/mol. The highest BCUT2D eigenvalue weighted by atomic mass is 19.3. The summed E-state index contributed by atoms with van der Waals surface area (Å²) < 4.78 is 52.8. The van der Waals surface area contributed by atoms with Gasteiger partial charge in [-0.1, -0.05) is 5.57 Å². The summed E-state index contributed by atoms with van der Waals surface area (Å²) in [6.07, 6.45) is -4.26. The number of ether oxygens (including phenoxy) is 1. The Bertz CT molecular complexity index is 183. The maximum Gasteiger partial charge on any atom is 0.419 e. The van der Waals surface area contributed by atoms with Crippen LogP contribution in [0.5, 0.6) is 0 Å². The molecule has 5 heteroatoms. The number of alkyl halides is 4. The van der Waals surface area contributed by atoms with Gasteiger partial charge in [-0.15, -0.1) is 6.58 Å². The van der Waals surface area contributed by atoms with Gasteiger partial charge in [0.15, 0.2) is 0 Å². The number of halogens is 4. The average molecular weight is 200 g/mol. The first-order valence-electron chi connectivity index (χ1n) is 3.71. The normalized spacial score (nSPS) is 13.1. The van der Waals surface area contributed by atoms with E-state index in [1.807, 2.05) is 0 Å². The summed E-state index contributed by atoms with van der Waals surface area (Å²) in [5, 5.41) is 0. The lowest BCUT2D eigenvalue weighted by molar-refractivity contribution is -0.340. The van der Waals surface area contributed by atoms with E-state index < -0.39 is 18.6 Å². The maximum absolute atomic E-state index is 12.4. The molecule has 0 unspecified atom stereocenters. The van der Waals surface area contributed by atoms with Gasteiger partial charge < -0.3 is 4.74 Å². The lowest BCUT2D eigenvalue weighted by Gasteiger charge is -2.22. The van der Waals surface area contributed by atoms with Gasteiger partial charge in [0.25, 0.3) is 0 Å². The second kappa shape index (κ2) is 4.09. The fourth-order valence-corrected chi connectivity index (χ4v) is 0.480. The van der Waals surface area contributed by atoms with Crippen LogP contribution in [0, 0.1) is 0 Å². The summed E-state index contributed by atoms with van der Waals surface area (Å²) in [5.41, 5.74) is 0.607. The first-order valence-corrected chi connectivity index (χ1v) is 3.71. The number of rotatable bonds is 5. The molecule has 0 saturated heterocycles. The van der Waals surface area contributed by atoms with Gasteiger partial charge >= 0.3 is 12.0 Å². The molecular formula is C8H12F4O. The lowest BCUT2D eigenvalue weighted by atomic mass is 10.2. The van der Waals surface area contributed by atoms with Crippen molar-refractivity contribution in [3.05, 3.63) is 12.2 Å². The fourth-order valence-electron chi connectivity index (χ4n) is 0.480. The van der Waals surface area contributed by atoms with Gasteiger partial charge in [0.1, 0.15) is 0 Å². The first kappa shape index (κ1) is 12.4. The molecule has 0 spiro atoms. The quantitative estimate of drug-likeness (QED) is 0.489. The van der Waals surface area contributed by atoms with E-state index in [0.717, 1.165) is 0 Å². The highest BCUT2D eigenvalue weighted by Gasteiger charge is 2.53. The van der Waals surface area contributed by atoms with Crippen molar-refractivity contribution in [1.82, 2.24) is 0 Å². The van der Waals surface area contributed by atoms with Gasteiger partial charge in [-0.05, 0) is 13.3 Å². The topological polar surface area (TPSA) is 9.23 Å². The Hall–Kier alpha value is -0.580. The van der Waals surface area contributed by atoms with E-state index in [4.69, 9.17) is 0 Å². The Labute approximate surface area is 74.4 Å². The molecule has 0 fully saturated rings. The zero-order chi connectivity index (χ0) is 10.7. The zero-order valence-corrected chi connectivity index (χ0v) is 7.54. The van der Waals surface area contributed by atoms with E-state index in [1.54, 1.807) is 6.92 Å². The van der Waals surface area contributed by atoms with Crippen LogP contribution in [-0.2, 0) is 4.74 Å². The Balaban J connectivity index is 3.97. The van der Waals surface area contributed by atoms with Crippen LogP contribution < -0.4 is 0 Å². The number of hydrogen-bond donors (Lipinski definition) is 0. The molecule has 13 heavy (non-hydrogen) atoms. The number of hydrogen-bond acceptors (Lipinski definition) is 1. The van der Waals surface area contributed by atoms with Gasteiger partial charge in [0, 0.05) is 6.92 Å². The smallest absolute Gasteiger partial charge is 0.315 e. The second-order valence-electron chi connectivity index (χ2n) is 2.96. The molecule has 0 heterocycles. The van der Waals surface area contributed by atoms with E-state index in [0.29, 0.717) is 5.57 Å². The van der Waals surface area contributed by atoms with Gasteiger partial charge in [-0.25, -0.2) is 0 Å². The molecule has 0 aromatic carbocycles. The summed E-state index contributed by atoms with van der Waals surface area (Å²) in [7, 11) is 0. The first-order chi connectivity index (χ1) is 5.67. The molecule has 0 N–H and O–H groups in total. The van der Waals surface area contributed by atoms with Gasteiger partial charge in [-0.3, -0.25) is 0 Å². The van der Waals surface area contributed by atoms with Crippen LogP contribution in [-0.4, -0.2) is 18.6 Å². The SMILES string of the molecule is C=C(C)CCOC(F)(F)C(C)(F)F. The van der Waals surface area contributed by atoms with Crippen molar-refractivity contribution in [1.29, 1.82) is 0 Å². The molecule has 0 rings (SSSR count). The van der Waals surface area contributed by atoms with Crippen molar-refractivity contribution in [2.45, 2.75) is 32.3 Å². The maximum atomic E-state index is 12.4. The van der Waals surface area contributed by atoms with Crippen molar-refractivity contribution in [2.24, 2.45) is 0 Å². The Morgan fingerprint density at radius 3 is 2.08 bits per heavy atom. The van der Waals surface area contributed by atoms with Crippen molar-refractivity contribution in [3.63, 3.8) is 0 Å². The third kappa shape index (κ3) is 4.26. The highest BCUT2D eigenvalue weighted by molar-refractivity contribution is 4.87. The van der Waals surface area contributed by atoms with Crippen molar-refractivity contribution < 1.29 is 22.3 Å². The Morgan fingerprint density at radius 2 is 1.77 bits per heavy atom. The van der Waals surface area contributed by atoms with E-state index in [1.165, 1.54) is 0 Å². The average Bonchev–Trinajstić information content (AvgIpc) is 1.82. The molecule has 0 aliphatic rings. The van der Waals surface area contributed by atoms with Gasteiger partial charge in [0.2, 0.25) is 0 Å². The molecule has 0 amide bonds. The minimum absolute atomic E-state index is 0.119. The summed E-state index contributed by atoms with van der Waals surface area (Å²) in [6.45, 7) is 4.69. The molecular weight excluding hydrogens is 188 g/mol. The molecule has 0 radical (unpaired) electrons. The predicted octanol–water partition coefficient (Wildman–Crippen LogP) is 3.22. The standard InChI is InChI=1S/C8H12F4O/c1-6(2)4-5-13-8(11,12)7(3,9)10/h1,4-5H2,2-3H3. The Kier molecular flexibility index (Phi) is 3.90. The van der Waals surface area contributed by atoms with Crippen LogP contribution in [0.15, 0.2) is 12.2 Å². The van der Waals surface area contributed by atoms with Crippen LogP contribution in [0.1, 0.15) is 20.3 Å². The lowest BCUT2D eigenvalue weighted by Crippen LogP contribution is -2.40. The fraction of sp³-hybridized carbons (Fsp3) is 0.750. The molecule has 0 atom stereocenters. The minimum atomic E-state index is -4.40. The van der Waals surface area contributed by atoms with Crippen LogP contribution in [0.25, 0.3) is 0 Å². The van der Waals surface area contributed by atoms with Crippen LogP contribution in [0.4, 0.5) is 17.6 Å². The molecule has 0 aromatic rings. The largest absolute Gasteiger partial charge is 0.419 e. The van der Waals surface area contributed by atoms with Crippen molar-refractivity contribution in [3.8, 4) is 0 Å². The molecule has 1 nitrogen and oxygen atoms in total. The molecule has 0 bridgehead atoms. The third-order valence-corrected chi connectivity index (χ3v) is 1.32. The van der Waals surface area contributed by atoms with E-state index in [9.17, 15) is 17.6 Å². The zero-order valence-electron chi connectivity index (χ0n) is 7.54. The van der Waals surface area contributed by atoms with E-state index in [-0.39, 0.29) is 13.3 Å². The predicted molar refractivity (Wildman–Crippen MR) is 41.0 cm³/mol. The molecule has 0 aliphatic carbocycles. The molecule has 0 saturated carbocycles. The van der Waals surface area contributed by atoms with E-state index >= 15 is 0 Å². The Morgan fingerprint density at radius 1 is 1.31 bits per heavy atom. The third-order valence-electron chi connectivity index (χ3n) is 1.32. The van der Waals surface area contributed by atoms with Crippen molar-refractivity contribution in [2.75, 3.05) is 6.61 Å². The van der Waals surface area contributed by atoms with Crippen LogP contribution in [0.2, 0.25) is 0 Å². The van der Waals surface area contributed by atoms with Gasteiger partial charge in [-0.2, -0.15) is 17.6 Å². The van der Waals surface area contributed by atoms with Crippen molar-refractivity contribution >= 4 is 0 Å². The van der Waals surface area contributed by atoms with Gasteiger partial charge in [0.05, 0.1) is 6.61 Å². The minimum Gasteiger partial charge on any atom is -0.315 e.